The van der Waals surface area contributed by atoms with E-state index in [2.05, 4.69) is 32.4 Å². The van der Waals surface area contributed by atoms with Gasteiger partial charge in [0.2, 0.25) is 0 Å². The van der Waals surface area contributed by atoms with Crippen LogP contribution in [0.1, 0.15) is 11.3 Å². The number of guanidine groups is 1. The van der Waals surface area contributed by atoms with Crippen LogP contribution in [0.4, 0.5) is 6.01 Å². The smallest absolute Gasteiger partial charge is 0.302 e. The number of nitrogens with two attached hydrogens (primary N) is 2. The Balaban J connectivity index is 0.00000243. The fraction of sp³-hybridized carbons (Fsp3) is 0.167. The number of halogens is 3. The molecule has 3 aromatic rings. The van der Waals surface area contributed by atoms with E-state index < -0.39 is 0 Å². The number of pyridine rings is 1. The lowest BCUT2D eigenvalue weighted by atomic mass is 10.2. The molecule has 0 radical (unpaired) electrons. The van der Waals surface area contributed by atoms with Gasteiger partial charge in [-0.25, -0.2) is 4.98 Å². The molecule has 0 aliphatic rings. The molecule has 0 saturated carbocycles. The van der Waals surface area contributed by atoms with Crippen LogP contribution in [0.3, 0.4) is 0 Å². The lowest BCUT2D eigenvalue weighted by Gasteiger charge is -2.01. The molecular formula is C18H23Cl3N6O. The summed E-state index contributed by atoms with van der Waals surface area (Å²) in [6.45, 7) is 0.953. The predicted octanol–water partition coefficient (Wildman–Crippen LogP) is 3.43. The monoisotopic (exact) mass is 444 g/mol. The Morgan fingerprint density at radius 3 is 2.43 bits per heavy atom. The molecule has 0 fully saturated rings. The SMILES string of the molecule is Cl.Cl.Cl.NCc1cccc(-c2coc(NC(N)=NCCc3ccccc3)n2)n1. The fourth-order valence-corrected chi connectivity index (χ4v) is 2.28. The van der Waals surface area contributed by atoms with Crippen molar-refractivity contribution < 1.29 is 4.42 Å². The highest BCUT2D eigenvalue weighted by Crippen LogP contribution is 2.18. The summed E-state index contributed by atoms with van der Waals surface area (Å²) < 4.78 is 5.37. The molecule has 0 bridgehead atoms. The summed E-state index contributed by atoms with van der Waals surface area (Å²) in [5.74, 6) is 0.257. The van der Waals surface area contributed by atoms with Crippen LogP contribution < -0.4 is 16.8 Å². The number of aromatic nitrogens is 2. The molecule has 152 valence electrons. The highest BCUT2D eigenvalue weighted by atomic mass is 35.5. The van der Waals surface area contributed by atoms with Crippen LogP contribution >= 0.6 is 37.2 Å². The van der Waals surface area contributed by atoms with Gasteiger partial charge < -0.3 is 15.9 Å². The molecule has 0 unspecified atom stereocenters. The number of oxazole rings is 1. The van der Waals surface area contributed by atoms with Crippen molar-refractivity contribution in [3.63, 3.8) is 0 Å². The molecule has 2 heterocycles. The Bertz CT molecular complexity index is 857. The van der Waals surface area contributed by atoms with Crippen molar-refractivity contribution in [2.24, 2.45) is 16.5 Å². The van der Waals surface area contributed by atoms with Gasteiger partial charge in [-0.05, 0) is 24.1 Å². The molecule has 0 amide bonds. The van der Waals surface area contributed by atoms with Crippen LogP contribution in [-0.2, 0) is 13.0 Å². The first kappa shape index (κ1) is 25.7. The molecule has 28 heavy (non-hydrogen) atoms. The van der Waals surface area contributed by atoms with Gasteiger partial charge in [-0.2, -0.15) is 4.98 Å². The number of rotatable bonds is 6. The zero-order valence-electron chi connectivity index (χ0n) is 14.9. The Morgan fingerprint density at radius 1 is 0.964 bits per heavy atom. The van der Waals surface area contributed by atoms with Crippen molar-refractivity contribution in [1.29, 1.82) is 0 Å². The first-order chi connectivity index (χ1) is 12.2. The van der Waals surface area contributed by atoms with Crippen LogP contribution in [0.15, 0.2) is 64.2 Å². The third kappa shape index (κ3) is 7.36. The molecule has 3 rings (SSSR count). The lowest BCUT2D eigenvalue weighted by molar-refractivity contribution is 0.579. The quantitative estimate of drug-likeness (QED) is 0.395. The van der Waals surface area contributed by atoms with E-state index in [1.165, 1.54) is 11.8 Å². The second kappa shape index (κ2) is 13.0. The third-order valence-corrected chi connectivity index (χ3v) is 3.54. The van der Waals surface area contributed by atoms with E-state index in [-0.39, 0.29) is 49.2 Å². The average molecular weight is 446 g/mol. The van der Waals surface area contributed by atoms with E-state index in [0.29, 0.717) is 24.5 Å². The minimum Gasteiger partial charge on any atom is -0.431 e. The Labute approximate surface area is 182 Å². The van der Waals surface area contributed by atoms with Crippen LogP contribution in [0.25, 0.3) is 11.4 Å². The van der Waals surface area contributed by atoms with Gasteiger partial charge in [0.15, 0.2) is 5.96 Å². The van der Waals surface area contributed by atoms with E-state index in [4.69, 9.17) is 15.9 Å². The molecule has 0 spiro atoms. The largest absolute Gasteiger partial charge is 0.431 e. The maximum absolute atomic E-state index is 5.87. The predicted molar refractivity (Wildman–Crippen MR) is 120 cm³/mol. The van der Waals surface area contributed by atoms with Crippen molar-refractivity contribution in [2.75, 3.05) is 11.9 Å². The highest BCUT2D eigenvalue weighted by Gasteiger charge is 2.08. The maximum Gasteiger partial charge on any atom is 0.302 e. The Kier molecular flexibility index (Phi) is 11.9. The third-order valence-electron chi connectivity index (χ3n) is 3.54. The highest BCUT2D eigenvalue weighted by molar-refractivity contribution is 5.90. The number of anilines is 1. The first-order valence-electron chi connectivity index (χ1n) is 7.97. The van der Waals surface area contributed by atoms with Gasteiger partial charge in [0.05, 0.1) is 11.4 Å². The second-order valence-corrected chi connectivity index (χ2v) is 5.38. The van der Waals surface area contributed by atoms with E-state index in [0.717, 1.165) is 12.1 Å². The molecule has 10 heteroatoms. The number of aliphatic imine (C=N–C) groups is 1. The molecule has 2 aromatic heterocycles. The number of nitrogens with one attached hydrogen (secondary N) is 1. The molecule has 7 nitrogen and oxygen atoms in total. The zero-order valence-corrected chi connectivity index (χ0v) is 17.4. The van der Waals surface area contributed by atoms with Crippen molar-refractivity contribution in [2.45, 2.75) is 13.0 Å². The topological polar surface area (TPSA) is 115 Å². The van der Waals surface area contributed by atoms with Crippen molar-refractivity contribution in [3.05, 3.63) is 66.1 Å². The molecule has 5 N–H and O–H groups in total. The van der Waals surface area contributed by atoms with Crippen LogP contribution in [-0.4, -0.2) is 22.5 Å². The van der Waals surface area contributed by atoms with Crippen molar-refractivity contribution >= 4 is 49.2 Å². The van der Waals surface area contributed by atoms with Crippen molar-refractivity contribution in [3.8, 4) is 11.4 Å². The van der Waals surface area contributed by atoms with Crippen LogP contribution in [0.2, 0.25) is 0 Å². The van der Waals surface area contributed by atoms with E-state index in [9.17, 15) is 0 Å². The van der Waals surface area contributed by atoms with E-state index in [1.807, 2.05) is 36.4 Å². The van der Waals surface area contributed by atoms with Gasteiger partial charge in [0.25, 0.3) is 0 Å². The fourth-order valence-electron chi connectivity index (χ4n) is 2.28. The molecule has 0 aliphatic carbocycles. The summed E-state index contributed by atoms with van der Waals surface area (Å²) in [6.07, 6.45) is 2.33. The molecule has 0 atom stereocenters. The van der Waals surface area contributed by atoms with Gasteiger partial charge in [-0.1, -0.05) is 36.4 Å². The maximum atomic E-state index is 5.87. The standard InChI is InChI=1S/C18H20N6O.3ClH/c19-11-14-7-4-8-15(22-14)16-12-25-18(23-16)24-17(20)21-10-9-13-5-2-1-3-6-13;;;/h1-8,12H,9-11,19H2,(H3,20,21,23,24);3*1H. The number of benzene rings is 1. The second-order valence-electron chi connectivity index (χ2n) is 5.38. The summed E-state index contributed by atoms with van der Waals surface area (Å²) in [5.41, 5.74) is 14.8. The summed E-state index contributed by atoms with van der Waals surface area (Å²) >= 11 is 0. The number of hydrogen-bond acceptors (Lipinski definition) is 5. The summed E-state index contributed by atoms with van der Waals surface area (Å²) in [6, 6.07) is 16.0. The lowest BCUT2D eigenvalue weighted by Crippen LogP contribution is -2.23. The number of hydrogen-bond donors (Lipinski definition) is 3. The van der Waals surface area contributed by atoms with Crippen LogP contribution in [0, 0.1) is 0 Å². The zero-order chi connectivity index (χ0) is 17.5. The first-order valence-corrected chi connectivity index (χ1v) is 7.97. The average Bonchev–Trinajstić information content (AvgIpc) is 3.11. The van der Waals surface area contributed by atoms with Gasteiger partial charge in [-0.15, -0.1) is 37.2 Å². The van der Waals surface area contributed by atoms with Gasteiger partial charge >= 0.3 is 6.01 Å². The van der Waals surface area contributed by atoms with Gasteiger partial charge in [0, 0.05) is 13.1 Å². The minimum atomic E-state index is 0. The van der Waals surface area contributed by atoms with Crippen LogP contribution in [0.5, 0.6) is 0 Å². The van der Waals surface area contributed by atoms with Gasteiger partial charge in [-0.3, -0.25) is 10.3 Å². The Hall–Kier alpha value is -2.32. The molecule has 0 saturated heterocycles. The van der Waals surface area contributed by atoms with E-state index in [1.54, 1.807) is 0 Å². The van der Waals surface area contributed by atoms with Gasteiger partial charge in [0.1, 0.15) is 12.0 Å². The normalized spacial score (nSPS) is 10.2. The molecule has 1 aromatic carbocycles. The summed E-state index contributed by atoms with van der Waals surface area (Å²) in [5, 5.41) is 2.84. The van der Waals surface area contributed by atoms with Crippen molar-refractivity contribution in [1.82, 2.24) is 9.97 Å². The summed E-state index contributed by atoms with van der Waals surface area (Å²) in [4.78, 5) is 13.0. The molecular weight excluding hydrogens is 423 g/mol. The Morgan fingerprint density at radius 2 is 1.71 bits per heavy atom. The number of nitrogens with zero attached hydrogens (tertiary/aromatic N) is 3. The molecule has 0 aliphatic heterocycles. The minimum absolute atomic E-state index is 0. The summed E-state index contributed by atoms with van der Waals surface area (Å²) in [7, 11) is 0. The van der Waals surface area contributed by atoms with E-state index >= 15 is 0 Å².